The molecule has 0 saturated heterocycles. The zero-order valence-electron chi connectivity index (χ0n) is 11.0. The Kier molecular flexibility index (Phi) is 2.82. The number of fused-ring (bicyclic) bond motifs is 1. The maximum absolute atomic E-state index is 11.9. The minimum atomic E-state index is -0.00943. The third kappa shape index (κ3) is 2.04. The number of rotatable bonds is 2. The Morgan fingerprint density at radius 3 is 2.86 bits per heavy atom. The number of H-pyrrole nitrogens is 1. The summed E-state index contributed by atoms with van der Waals surface area (Å²) < 4.78 is 4.16. The van der Waals surface area contributed by atoms with E-state index in [0.717, 1.165) is 22.4 Å². The van der Waals surface area contributed by atoms with Crippen molar-refractivity contribution in [2.24, 2.45) is 0 Å². The van der Waals surface area contributed by atoms with Crippen LogP contribution < -0.4 is 5.32 Å². The molecule has 0 aliphatic carbocycles. The quantitative estimate of drug-likeness (QED) is 0.763. The molecule has 0 radical (unpaired) electrons. The molecular weight excluding hydrogens is 284 g/mol. The largest absolute Gasteiger partial charge is 0.309 e. The van der Waals surface area contributed by atoms with Gasteiger partial charge in [0.1, 0.15) is 0 Å². The summed E-state index contributed by atoms with van der Waals surface area (Å²) in [6.07, 6.45) is 2.25. The molecule has 2 N–H and O–H groups in total. The third-order valence-corrected chi connectivity index (χ3v) is 4.32. The summed E-state index contributed by atoms with van der Waals surface area (Å²) in [5.74, 6) is 0.618. The number of nitrogens with zero attached hydrogens (tertiary/aromatic N) is 2. The van der Waals surface area contributed by atoms with Crippen LogP contribution in [0.2, 0.25) is 0 Å². The smallest absolute Gasteiger partial charge is 0.226 e. The van der Waals surface area contributed by atoms with Gasteiger partial charge in [0.25, 0.3) is 0 Å². The van der Waals surface area contributed by atoms with Crippen LogP contribution in [0.4, 0.5) is 5.82 Å². The first-order valence-electron chi connectivity index (χ1n) is 6.65. The van der Waals surface area contributed by atoms with E-state index < -0.39 is 0 Å². The highest BCUT2D eigenvalue weighted by Gasteiger charge is 2.32. The first kappa shape index (κ1) is 12.3. The summed E-state index contributed by atoms with van der Waals surface area (Å²) in [6, 6.07) is 10.0. The topological polar surface area (TPSA) is 70.7 Å². The zero-order valence-corrected chi connectivity index (χ0v) is 11.9. The predicted molar refractivity (Wildman–Crippen MR) is 81.2 cm³/mol. The molecule has 0 bridgehead atoms. The number of benzene rings is 1. The monoisotopic (exact) mass is 296 g/mol. The normalized spacial score (nSPS) is 17.3. The molecule has 5 nitrogen and oxygen atoms in total. The number of hydrogen-bond donors (Lipinski definition) is 2. The van der Waals surface area contributed by atoms with Gasteiger partial charge in [-0.3, -0.25) is 9.89 Å². The Labute approximate surface area is 125 Å². The van der Waals surface area contributed by atoms with Gasteiger partial charge in [-0.1, -0.05) is 30.3 Å². The average molecular weight is 296 g/mol. The van der Waals surface area contributed by atoms with Gasteiger partial charge in [0.05, 0.1) is 5.69 Å². The molecule has 1 aliphatic heterocycles. The van der Waals surface area contributed by atoms with E-state index in [1.165, 1.54) is 11.5 Å². The molecule has 0 saturated carbocycles. The lowest BCUT2D eigenvalue weighted by Gasteiger charge is -2.22. The van der Waals surface area contributed by atoms with E-state index in [4.69, 9.17) is 0 Å². The van der Waals surface area contributed by atoms with E-state index in [1.54, 1.807) is 0 Å². The van der Waals surface area contributed by atoms with Gasteiger partial charge in [0.2, 0.25) is 5.91 Å². The number of carbonyl (C=O) groups is 1. The average Bonchev–Trinajstić information content (AvgIpc) is 3.16. The molecule has 0 fully saturated rings. The molecule has 1 aliphatic rings. The number of anilines is 1. The summed E-state index contributed by atoms with van der Waals surface area (Å²) >= 11 is 1.40. The summed E-state index contributed by atoms with van der Waals surface area (Å²) in [4.78, 5) is 11.9. The van der Waals surface area contributed by atoms with Crippen molar-refractivity contribution in [3.8, 4) is 11.3 Å². The van der Waals surface area contributed by atoms with E-state index >= 15 is 0 Å². The first-order chi connectivity index (χ1) is 10.3. The molecule has 1 unspecified atom stereocenters. The van der Waals surface area contributed by atoms with Crippen LogP contribution in [0.15, 0.2) is 41.9 Å². The fourth-order valence-corrected chi connectivity index (χ4v) is 3.34. The fourth-order valence-electron chi connectivity index (χ4n) is 2.75. The molecule has 1 atom stereocenters. The highest BCUT2D eigenvalue weighted by Crippen LogP contribution is 2.41. The Balaban J connectivity index is 1.89. The van der Waals surface area contributed by atoms with E-state index in [0.29, 0.717) is 12.2 Å². The highest BCUT2D eigenvalue weighted by atomic mass is 32.1. The minimum absolute atomic E-state index is 0.00135. The van der Waals surface area contributed by atoms with Gasteiger partial charge < -0.3 is 5.32 Å². The Morgan fingerprint density at radius 1 is 1.24 bits per heavy atom. The van der Waals surface area contributed by atoms with Crippen LogP contribution in [0.3, 0.4) is 0 Å². The standard InChI is InChI=1S/C15H12N4OS/c20-12-6-11(10-7-16-21-8-10)13-14(18-19-15(13)17-12)9-4-2-1-3-5-9/h1-5,7-8,11H,6H2,(H2,17,18,19,20). The Morgan fingerprint density at radius 2 is 2.10 bits per heavy atom. The number of hydrogen-bond acceptors (Lipinski definition) is 4. The molecular formula is C15H12N4OS. The summed E-state index contributed by atoms with van der Waals surface area (Å²) in [5.41, 5.74) is 4.13. The van der Waals surface area contributed by atoms with Crippen molar-refractivity contribution in [2.45, 2.75) is 12.3 Å². The number of carbonyl (C=O) groups excluding carboxylic acids is 1. The number of nitrogens with one attached hydrogen (secondary N) is 2. The Hall–Kier alpha value is -2.47. The van der Waals surface area contributed by atoms with Crippen LogP contribution in [-0.4, -0.2) is 20.5 Å². The van der Waals surface area contributed by atoms with Gasteiger partial charge in [-0.2, -0.15) is 5.10 Å². The van der Waals surface area contributed by atoms with E-state index in [9.17, 15) is 4.79 Å². The predicted octanol–water partition coefficient (Wildman–Crippen LogP) is 3.01. The van der Waals surface area contributed by atoms with Crippen LogP contribution in [0, 0.1) is 0 Å². The summed E-state index contributed by atoms with van der Waals surface area (Å²) in [5, 5.41) is 12.2. The van der Waals surface area contributed by atoms with Crippen molar-refractivity contribution in [3.05, 3.63) is 53.0 Å². The minimum Gasteiger partial charge on any atom is -0.309 e. The van der Waals surface area contributed by atoms with Crippen molar-refractivity contribution in [1.29, 1.82) is 0 Å². The van der Waals surface area contributed by atoms with Crippen molar-refractivity contribution in [2.75, 3.05) is 5.32 Å². The maximum atomic E-state index is 11.9. The highest BCUT2D eigenvalue weighted by molar-refractivity contribution is 7.03. The SMILES string of the molecule is O=C1CC(c2cnsc2)c2c(n[nH]c2-c2ccccc2)N1. The second-order valence-corrected chi connectivity index (χ2v) is 5.65. The molecule has 0 spiro atoms. The lowest BCUT2D eigenvalue weighted by Crippen LogP contribution is -2.23. The van der Waals surface area contributed by atoms with E-state index in [2.05, 4.69) is 19.9 Å². The molecule has 1 amide bonds. The van der Waals surface area contributed by atoms with Crippen LogP contribution >= 0.6 is 11.5 Å². The molecule has 6 heteroatoms. The van der Waals surface area contributed by atoms with Gasteiger partial charge in [-0.05, 0) is 22.7 Å². The third-order valence-electron chi connectivity index (χ3n) is 3.72. The van der Waals surface area contributed by atoms with Crippen LogP contribution in [0.25, 0.3) is 11.3 Å². The van der Waals surface area contributed by atoms with E-state index in [-0.39, 0.29) is 11.8 Å². The van der Waals surface area contributed by atoms with Crippen molar-refractivity contribution in [1.82, 2.24) is 14.6 Å². The van der Waals surface area contributed by atoms with Crippen molar-refractivity contribution < 1.29 is 4.79 Å². The molecule has 3 aromatic rings. The Bertz CT molecular complexity index is 779. The van der Waals surface area contributed by atoms with Gasteiger partial charge in [-0.15, -0.1) is 0 Å². The molecule has 104 valence electrons. The maximum Gasteiger partial charge on any atom is 0.226 e. The lowest BCUT2D eigenvalue weighted by atomic mass is 9.86. The van der Waals surface area contributed by atoms with Gasteiger partial charge in [0.15, 0.2) is 5.82 Å². The molecule has 1 aromatic carbocycles. The second kappa shape index (κ2) is 4.82. The molecule has 3 heterocycles. The second-order valence-electron chi connectivity index (χ2n) is 4.99. The van der Waals surface area contributed by atoms with Gasteiger partial charge in [0, 0.05) is 29.5 Å². The lowest BCUT2D eigenvalue weighted by molar-refractivity contribution is -0.116. The van der Waals surface area contributed by atoms with Crippen LogP contribution in [0.5, 0.6) is 0 Å². The first-order valence-corrected chi connectivity index (χ1v) is 7.49. The number of aromatic nitrogens is 3. The summed E-state index contributed by atoms with van der Waals surface area (Å²) in [7, 11) is 0. The van der Waals surface area contributed by atoms with E-state index in [1.807, 2.05) is 41.9 Å². The van der Waals surface area contributed by atoms with Crippen LogP contribution in [0.1, 0.15) is 23.5 Å². The van der Waals surface area contributed by atoms with Gasteiger partial charge in [-0.25, -0.2) is 4.37 Å². The molecule has 4 rings (SSSR count). The number of amides is 1. The summed E-state index contributed by atoms with van der Waals surface area (Å²) in [6.45, 7) is 0. The fraction of sp³-hybridized carbons (Fsp3) is 0.133. The van der Waals surface area contributed by atoms with Crippen molar-refractivity contribution in [3.63, 3.8) is 0 Å². The molecule has 2 aromatic heterocycles. The molecule has 21 heavy (non-hydrogen) atoms. The zero-order chi connectivity index (χ0) is 14.2. The van der Waals surface area contributed by atoms with Crippen LogP contribution in [-0.2, 0) is 4.79 Å². The van der Waals surface area contributed by atoms with Gasteiger partial charge >= 0.3 is 0 Å². The number of aromatic amines is 1. The van der Waals surface area contributed by atoms with Crippen molar-refractivity contribution >= 4 is 23.3 Å².